The summed E-state index contributed by atoms with van der Waals surface area (Å²) in [5.74, 6) is 0. The zero-order chi connectivity index (χ0) is 19.4. The lowest BCUT2D eigenvalue weighted by Crippen LogP contribution is -2.42. The van der Waals surface area contributed by atoms with Gasteiger partial charge in [0.05, 0.1) is 0 Å². The maximum Gasteiger partial charge on any atom is 0.366 e. The number of ether oxygens (including phenoxy) is 1. The molecule has 6 nitrogen and oxygen atoms in total. The average molecular weight is 366 g/mol. The monoisotopic (exact) mass is 366 g/mol. The van der Waals surface area contributed by atoms with Crippen LogP contribution in [0.1, 0.15) is 23.7 Å². The SMILES string of the molecule is CCOCn1c(Cc2ccc(-c3ccccc3)cc2)c(C)c(=O)n(O)c1=O. The molecule has 0 unspecified atom stereocenters. The lowest BCUT2D eigenvalue weighted by Gasteiger charge is -2.16. The topological polar surface area (TPSA) is 73.5 Å². The van der Waals surface area contributed by atoms with Gasteiger partial charge < -0.3 is 9.94 Å². The Morgan fingerprint density at radius 1 is 0.963 bits per heavy atom. The van der Waals surface area contributed by atoms with Gasteiger partial charge in [0.2, 0.25) is 0 Å². The molecule has 0 aliphatic heterocycles. The number of hydrogen-bond acceptors (Lipinski definition) is 4. The molecule has 0 spiro atoms. The van der Waals surface area contributed by atoms with Crippen molar-refractivity contribution < 1.29 is 9.94 Å². The van der Waals surface area contributed by atoms with E-state index in [-0.39, 0.29) is 11.5 Å². The van der Waals surface area contributed by atoms with E-state index in [9.17, 15) is 14.8 Å². The zero-order valence-corrected chi connectivity index (χ0v) is 15.4. The summed E-state index contributed by atoms with van der Waals surface area (Å²) in [5, 5.41) is 9.74. The van der Waals surface area contributed by atoms with Gasteiger partial charge in [0.25, 0.3) is 5.56 Å². The van der Waals surface area contributed by atoms with Gasteiger partial charge >= 0.3 is 5.69 Å². The van der Waals surface area contributed by atoms with Crippen LogP contribution < -0.4 is 11.2 Å². The van der Waals surface area contributed by atoms with Crippen LogP contribution in [0.5, 0.6) is 0 Å². The largest absolute Gasteiger partial charge is 0.421 e. The van der Waals surface area contributed by atoms with E-state index in [4.69, 9.17) is 4.74 Å². The Morgan fingerprint density at radius 3 is 2.22 bits per heavy atom. The van der Waals surface area contributed by atoms with Crippen molar-refractivity contribution in [3.8, 4) is 11.1 Å². The average Bonchev–Trinajstić information content (AvgIpc) is 2.71. The Balaban J connectivity index is 1.97. The van der Waals surface area contributed by atoms with Crippen LogP contribution in [0.3, 0.4) is 0 Å². The second-order valence-corrected chi connectivity index (χ2v) is 6.26. The van der Waals surface area contributed by atoms with Crippen LogP contribution in [0.2, 0.25) is 0 Å². The molecule has 0 atom stereocenters. The van der Waals surface area contributed by atoms with E-state index in [0.29, 0.717) is 24.3 Å². The van der Waals surface area contributed by atoms with Crippen LogP contribution in [0.15, 0.2) is 64.2 Å². The van der Waals surface area contributed by atoms with Crippen LogP contribution in [0.25, 0.3) is 11.1 Å². The van der Waals surface area contributed by atoms with Crippen LogP contribution in [-0.4, -0.2) is 21.1 Å². The number of aromatic nitrogens is 2. The van der Waals surface area contributed by atoms with E-state index in [0.717, 1.165) is 16.7 Å². The summed E-state index contributed by atoms with van der Waals surface area (Å²) in [6.07, 6.45) is 0.388. The van der Waals surface area contributed by atoms with E-state index >= 15 is 0 Å². The van der Waals surface area contributed by atoms with Gasteiger partial charge in [-0.05, 0) is 30.5 Å². The molecular formula is C21H22N2O4. The predicted molar refractivity (Wildman–Crippen MR) is 103 cm³/mol. The molecule has 0 bridgehead atoms. The molecule has 1 aromatic heterocycles. The number of rotatable bonds is 6. The molecule has 1 heterocycles. The van der Waals surface area contributed by atoms with Crippen molar-refractivity contribution in [3.05, 3.63) is 92.3 Å². The maximum absolute atomic E-state index is 12.3. The summed E-state index contributed by atoms with van der Waals surface area (Å²) in [6.45, 7) is 3.81. The fraction of sp³-hybridized carbons (Fsp3) is 0.238. The molecule has 140 valence electrons. The third kappa shape index (κ3) is 3.85. The van der Waals surface area contributed by atoms with Crippen molar-refractivity contribution in [1.82, 2.24) is 9.30 Å². The fourth-order valence-electron chi connectivity index (χ4n) is 2.98. The van der Waals surface area contributed by atoms with Crippen LogP contribution in [0, 0.1) is 6.92 Å². The molecular weight excluding hydrogens is 344 g/mol. The number of hydrogen-bond donors (Lipinski definition) is 1. The Labute approximate surface area is 156 Å². The van der Waals surface area contributed by atoms with Gasteiger partial charge in [-0.1, -0.05) is 59.3 Å². The summed E-state index contributed by atoms with van der Waals surface area (Å²) in [6, 6.07) is 18.0. The molecule has 0 saturated carbocycles. The molecule has 27 heavy (non-hydrogen) atoms. The molecule has 1 N–H and O–H groups in total. The van der Waals surface area contributed by atoms with E-state index < -0.39 is 11.2 Å². The van der Waals surface area contributed by atoms with Gasteiger partial charge in [0, 0.05) is 24.3 Å². The lowest BCUT2D eigenvalue weighted by atomic mass is 10.0. The van der Waals surface area contributed by atoms with E-state index in [1.165, 1.54) is 4.57 Å². The maximum atomic E-state index is 12.3. The van der Waals surface area contributed by atoms with Crippen LogP contribution >= 0.6 is 0 Å². The van der Waals surface area contributed by atoms with Gasteiger partial charge in [-0.3, -0.25) is 9.36 Å². The summed E-state index contributed by atoms with van der Waals surface area (Å²) < 4.78 is 6.77. The molecule has 0 radical (unpaired) electrons. The summed E-state index contributed by atoms with van der Waals surface area (Å²) >= 11 is 0. The molecule has 0 amide bonds. The van der Waals surface area contributed by atoms with Crippen molar-refractivity contribution in [2.45, 2.75) is 27.0 Å². The number of nitrogens with zero attached hydrogens (tertiary/aromatic N) is 2. The molecule has 3 rings (SSSR count). The molecule has 0 saturated heterocycles. The molecule has 0 fully saturated rings. The van der Waals surface area contributed by atoms with Crippen molar-refractivity contribution in [3.63, 3.8) is 0 Å². The van der Waals surface area contributed by atoms with Crippen molar-refractivity contribution in [1.29, 1.82) is 0 Å². The smallest absolute Gasteiger partial charge is 0.366 e. The third-order valence-electron chi connectivity index (χ3n) is 4.54. The van der Waals surface area contributed by atoms with Crippen molar-refractivity contribution >= 4 is 0 Å². The summed E-state index contributed by atoms with van der Waals surface area (Å²) in [4.78, 5) is 24.4. The normalized spacial score (nSPS) is 10.9. The Morgan fingerprint density at radius 2 is 1.59 bits per heavy atom. The second kappa shape index (κ2) is 8.05. The zero-order valence-electron chi connectivity index (χ0n) is 15.4. The second-order valence-electron chi connectivity index (χ2n) is 6.26. The summed E-state index contributed by atoms with van der Waals surface area (Å²) in [7, 11) is 0. The Bertz CT molecular complexity index is 1030. The molecule has 2 aromatic carbocycles. The van der Waals surface area contributed by atoms with Crippen molar-refractivity contribution in [2.24, 2.45) is 0 Å². The highest BCUT2D eigenvalue weighted by atomic mass is 16.5. The van der Waals surface area contributed by atoms with Gasteiger partial charge in [-0.15, -0.1) is 0 Å². The van der Waals surface area contributed by atoms with Crippen LogP contribution in [-0.2, 0) is 17.9 Å². The van der Waals surface area contributed by atoms with Crippen molar-refractivity contribution in [2.75, 3.05) is 6.61 Å². The van der Waals surface area contributed by atoms with Gasteiger partial charge in [-0.2, -0.15) is 0 Å². The minimum absolute atomic E-state index is 0.0194. The Kier molecular flexibility index (Phi) is 5.57. The highest BCUT2D eigenvalue weighted by Gasteiger charge is 2.16. The molecule has 6 heteroatoms. The minimum Gasteiger partial charge on any atom is -0.421 e. The van der Waals surface area contributed by atoms with E-state index in [1.807, 2.05) is 61.5 Å². The van der Waals surface area contributed by atoms with E-state index in [1.54, 1.807) is 6.92 Å². The predicted octanol–water partition coefficient (Wildman–Crippen LogP) is 2.81. The van der Waals surface area contributed by atoms with Crippen LogP contribution in [0.4, 0.5) is 0 Å². The lowest BCUT2D eigenvalue weighted by molar-refractivity contribution is 0.0700. The first-order valence-electron chi connectivity index (χ1n) is 8.79. The first-order chi connectivity index (χ1) is 13.0. The van der Waals surface area contributed by atoms with Gasteiger partial charge in [0.15, 0.2) is 0 Å². The highest BCUT2D eigenvalue weighted by Crippen LogP contribution is 2.20. The van der Waals surface area contributed by atoms with Gasteiger partial charge in [0.1, 0.15) is 6.73 Å². The fourth-order valence-corrected chi connectivity index (χ4v) is 2.98. The third-order valence-corrected chi connectivity index (χ3v) is 4.54. The standard InChI is InChI=1S/C21H22N2O4/c1-3-27-14-22-19(15(2)20(24)23(26)21(22)25)13-16-9-11-18(12-10-16)17-7-5-4-6-8-17/h4-12,26H,3,13-14H2,1-2H3. The summed E-state index contributed by atoms with van der Waals surface area (Å²) in [5.41, 5.74) is 2.53. The number of benzene rings is 2. The molecule has 3 aromatic rings. The quantitative estimate of drug-likeness (QED) is 0.681. The first-order valence-corrected chi connectivity index (χ1v) is 8.79. The van der Waals surface area contributed by atoms with E-state index in [2.05, 4.69) is 0 Å². The highest BCUT2D eigenvalue weighted by molar-refractivity contribution is 5.63. The molecule has 0 aliphatic rings. The van der Waals surface area contributed by atoms with Gasteiger partial charge in [-0.25, -0.2) is 4.79 Å². The minimum atomic E-state index is -0.796. The Hall–Kier alpha value is -3.12. The first kappa shape index (κ1) is 18.7. The molecule has 0 aliphatic carbocycles.